The van der Waals surface area contributed by atoms with Crippen LogP contribution < -0.4 is 4.74 Å². The van der Waals surface area contributed by atoms with E-state index in [4.69, 9.17) is 14.2 Å². The van der Waals surface area contributed by atoms with Crippen molar-refractivity contribution in [3.05, 3.63) is 65.7 Å². The van der Waals surface area contributed by atoms with Gasteiger partial charge in [-0.2, -0.15) is 0 Å². The Hall–Kier alpha value is -2.90. The Morgan fingerprint density at radius 2 is 1.47 bits per heavy atom. The van der Waals surface area contributed by atoms with E-state index >= 15 is 0 Å². The van der Waals surface area contributed by atoms with Crippen molar-refractivity contribution in [3.8, 4) is 5.75 Å². The minimum atomic E-state index is -1.19. The van der Waals surface area contributed by atoms with Crippen LogP contribution in [0.2, 0.25) is 0 Å². The fraction of sp³-hybridized carbons (Fsp3) is 0.440. The van der Waals surface area contributed by atoms with E-state index in [1.165, 1.54) is 0 Å². The topological polar surface area (TPSA) is 68.3 Å². The van der Waals surface area contributed by atoms with Gasteiger partial charge in [-0.05, 0) is 36.1 Å². The largest absolute Gasteiger partial charge is 0.497 e. The summed E-state index contributed by atoms with van der Waals surface area (Å²) in [5.74, 6) is -0.670. The van der Waals surface area contributed by atoms with Crippen LogP contribution in [-0.2, 0) is 32.2 Å². The van der Waals surface area contributed by atoms with Gasteiger partial charge in [0.05, 0.1) is 7.11 Å². The summed E-state index contributed by atoms with van der Waals surface area (Å²) < 4.78 is 16.9. The fourth-order valence-electron chi connectivity index (χ4n) is 4.86. The predicted molar refractivity (Wildman–Crippen MR) is 119 cm³/mol. The summed E-state index contributed by atoms with van der Waals surface area (Å²) >= 11 is 0. The third-order valence-electron chi connectivity index (χ3n) is 6.59. The standard InChI is InChI=1S/C25H30N2O5/c1-30-20-13-11-19(12-14-20)17-27-22-24(29)26(16-18-8-5-4-6-9-18)21(23(27)28)10-7-15-25(22,31-2)32-3/h4-6,8-9,11-14,21-22H,7,10,15-17H2,1-3H3/t21-,22+/m0/s1. The number of carbonyl (C=O) groups is 2. The highest BCUT2D eigenvalue weighted by Crippen LogP contribution is 2.38. The molecule has 3 aliphatic rings. The number of ether oxygens (including phenoxy) is 3. The predicted octanol–water partition coefficient (Wildman–Crippen LogP) is 2.98. The van der Waals surface area contributed by atoms with E-state index in [2.05, 4.69) is 0 Å². The maximum absolute atomic E-state index is 13.9. The van der Waals surface area contributed by atoms with Crippen LogP contribution in [0.5, 0.6) is 5.75 Å². The van der Waals surface area contributed by atoms with Gasteiger partial charge < -0.3 is 24.0 Å². The first kappa shape index (κ1) is 22.3. The summed E-state index contributed by atoms with van der Waals surface area (Å²) in [6, 6.07) is 15.9. The van der Waals surface area contributed by atoms with Crippen LogP contribution in [0.15, 0.2) is 54.6 Å². The lowest BCUT2D eigenvalue weighted by molar-refractivity contribution is -0.258. The molecule has 2 amide bonds. The summed E-state index contributed by atoms with van der Waals surface area (Å²) in [7, 11) is 4.70. The van der Waals surface area contributed by atoms with Crippen LogP contribution in [0, 0.1) is 0 Å². The minimum Gasteiger partial charge on any atom is -0.497 e. The summed E-state index contributed by atoms with van der Waals surface area (Å²) in [6.07, 6.45) is 1.83. The lowest BCUT2D eigenvalue weighted by atomic mass is 9.86. The van der Waals surface area contributed by atoms with Gasteiger partial charge in [0.15, 0.2) is 11.8 Å². The minimum absolute atomic E-state index is 0.0699. The van der Waals surface area contributed by atoms with Gasteiger partial charge in [0, 0.05) is 33.7 Å². The second-order valence-electron chi connectivity index (χ2n) is 8.30. The van der Waals surface area contributed by atoms with Crippen molar-refractivity contribution in [2.75, 3.05) is 21.3 Å². The maximum Gasteiger partial charge on any atom is 0.252 e. The monoisotopic (exact) mass is 438 g/mol. The molecule has 7 heteroatoms. The second kappa shape index (κ2) is 9.30. The van der Waals surface area contributed by atoms with Crippen molar-refractivity contribution >= 4 is 11.8 Å². The van der Waals surface area contributed by atoms with E-state index in [1.54, 1.807) is 31.1 Å². The molecule has 7 nitrogen and oxygen atoms in total. The van der Waals surface area contributed by atoms with Crippen molar-refractivity contribution < 1.29 is 23.8 Å². The number of piperazine rings is 1. The molecule has 170 valence electrons. The molecule has 2 atom stereocenters. The molecule has 2 aromatic rings. The van der Waals surface area contributed by atoms with E-state index in [9.17, 15) is 9.59 Å². The van der Waals surface area contributed by atoms with Crippen LogP contribution in [0.1, 0.15) is 30.4 Å². The number of methoxy groups -OCH3 is 3. The highest BCUT2D eigenvalue weighted by Gasteiger charge is 2.57. The molecule has 3 fully saturated rings. The molecule has 3 heterocycles. The first-order valence-corrected chi connectivity index (χ1v) is 10.9. The number of amides is 2. The van der Waals surface area contributed by atoms with Crippen molar-refractivity contribution in [3.63, 3.8) is 0 Å². The Morgan fingerprint density at radius 3 is 2.09 bits per heavy atom. The average Bonchev–Trinajstić information content (AvgIpc) is 2.82. The Balaban J connectivity index is 1.72. The summed E-state index contributed by atoms with van der Waals surface area (Å²) in [5, 5.41) is 0. The smallest absolute Gasteiger partial charge is 0.252 e. The average molecular weight is 439 g/mol. The van der Waals surface area contributed by atoms with E-state index < -0.39 is 17.9 Å². The van der Waals surface area contributed by atoms with Gasteiger partial charge in [-0.25, -0.2) is 0 Å². The van der Waals surface area contributed by atoms with Crippen molar-refractivity contribution in [1.29, 1.82) is 0 Å². The van der Waals surface area contributed by atoms with Gasteiger partial charge >= 0.3 is 0 Å². The van der Waals surface area contributed by atoms with Gasteiger partial charge in [0.2, 0.25) is 5.91 Å². The summed E-state index contributed by atoms with van der Waals surface area (Å²) in [5.41, 5.74) is 1.90. The molecule has 0 spiro atoms. The number of carbonyl (C=O) groups excluding carboxylic acids is 2. The fourth-order valence-corrected chi connectivity index (χ4v) is 4.86. The van der Waals surface area contributed by atoms with Crippen LogP contribution in [0.4, 0.5) is 0 Å². The highest BCUT2D eigenvalue weighted by atomic mass is 16.7. The van der Waals surface area contributed by atoms with E-state index in [1.807, 2.05) is 54.6 Å². The highest BCUT2D eigenvalue weighted by molar-refractivity contribution is 5.98. The summed E-state index contributed by atoms with van der Waals surface area (Å²) in [6.45, 7) is 0.676. The zero-order valence-corrected chi connectivity index (χ0v) is 18.8. The lowest BCUT2D eigenvalue weighted by Gasteiger charge is -2.52. The molecule has 0 aliphatic carbocycles. The molecule has 0 N–H and O–H groups in total. The Kier molecular flexibility index (Phi) is 6.48. The number of rotatable bonds is 7. The lowest BCUT2D eigenvalue weighted by Crippen LogP contribution is -2.72. The van der Waals surface area contributed by atoms with Crippen LogP contribution in [0.3, 0.4) is 0 Å². The zero-order chi connectivity index (χ0) is 22.7. The molecule has 3 saturated heterocycles. The van der Waals surface area contributed by atoms with E-state index in [0.717, 1.165) is 23.3 Å². The van der Waals surface area contributed by atoms with Gasteiger partial charge in [-0.1, -0.05) is 42.5 Å². The van der Waals surface area contributed by atoms with Crippen molar-refractivity contribution in [1.82, 2.24) is 9.80 Å². The molecule has 2 aromatic carbocycles. The molecule has 32 heavy (non-hydrogen) atoms. The number of fused-ring (bicyclic) bond motifs is 5. The molecule has 3 aliphatic heterocycles. The molecule has 0 saturated carbocycles. The first-order chi connectivity index (χ1) is 15.5. The number of hydrogen-bond donors (Lipinski definition) is 0. The van der Waals surface area contributed by atoms with Gasteiger partial charge in [0.1, 0.15) is 11.8 Å². The Morgan fingerprint density at radius 1 is 0.844 bits per heavy atom. The van der Waals surface area contributed by atoms with Gasteiger partial charge in [-0.15, -0.1) is 0 Å². The maximum atomic E-state index is 13.9. The van der Waals surface area contributed by atoms with Gasteiger partial charge in [0.25, 0.3) is 5.91 Å². The van der Waals surface area contributed by atoms with E-state index in [0.29, 0.717) is 25.9 Å². The number of nitrogens with zero attached hydrogens (tertiary/aromatic N) is 2. The quantitative estimate of drug-likeness (QED) is 0.622. The van der Waals surface area contributed by atoms with Crippen molar-refractivity contribution in [2.45, 2.75) is 50.2 Å². The molecule has 0 aromatic heterocycles. The molecule has 5 rings (SSSR count). The number of benzene rings is 2. The summed E-state index contributed by atoms with van der Waals surface area (Å²) in [4.78, 5) is 31.0. The molecule has 0 radical (unpaired) electrons. The molecular formula is C25H30N2O5. The van der Waals surface area contributed by atoms with Crippen LogP contribution >= 0.6 is 0 Å². The molecule has 2 bridgehead atoms. The van der Waals surface area contributed by atoms with Crippen LogP contribution in [0.25, 0.3) is 0 Å². The first-order valence-electron chi connectivity index (χ1n) is 10.9. The Labute approximate surface area is 188 Å². The second-order valence-corrected chi connectivity index (χ2v) is 8.30. The van der Waals surface area contributed by atoms with Crippen molar-refractivity contribution in [2.24, 2.45) is 0 Å². The Bertz CT molecular complexity index is 943. The zero-order valence-electron chi connectivity index (χ0n) is 18.8. The third-order valence-corrected chi connectivity index (χ3v) is 6.59. The normalized spacial score (nSPS) is 22.6. The van der Waals surface area contributed by atoms with E-state index in [-0.39, 0.29) is 11.8 Å². The van der Waals surface area contributed by atoms with Crippen LogP contribution in [-0.4, -0.2) is 60.8 Å². The SMILES string of the molecule is COc1ccc(CN2C(=O)[C@@H]3CCCC(OC)(OC)[C@H]2C(=O)N3Cc2ccccc2)cc1. The third kappa shape index (κ3) is 3.98. The van der Waals surface area contributed by atoms with Gasteiger partial charge in [-0.3, -0.25) is 9.59 Å². The number of hydrogen-bond acceptors (Lipinski definition) is 5. The molecule has 0 unspecified atom stereocenters. The molecular weight excluding hydrogens is 408 g/mol.